The first-order valence-corrected chi connectivity index (χ1v) is 3.63. The van der Waals surface area contributed by atoms with Crippen LogP contribution < -0.4 is 10.1 Å². The predicted molar refractivity (Wildman–Crippen MR) is 43.6 cm³/mol. The molecule has 1 saturated heterocycles. The van der Waals surface area contributed by atoms with Crippen molar-refractivity contribution in [2.24, 2.45) is 0 Å². The molecule has 1 N–H and O–H groups in total. The van der Waals surface area contributed by atoms with Gasteiger partial charge in [-0.1, -0.05) is 0 Å². The Morgan fingerprint density at radius 3 is 2.79 bits per heavy atom. The standard InChI is InChI=1S/C9H8F3NO/c10-5-1-7(11)9(12)8(2-5)14-6-3-13-4-6/h1-2,6,13H,3-4H2/i3D2,4D2,6D. The molecule has 0 radical (unpaired) electrons. The van der Waals surface area contributed by atoms with Gasteiger partial charge in [-0.25, -0.2) is 8.78 Å². The molecule has 1 aliphatic rings. The average Bonchev–Trinajstić information content (AvgIpc) is 2.23. The number of nitrogens with one attached hydrogen (secondary N) is 1. The summed E-state index contributed by atoms with van der Waals surface area (Å²) in [6, 6.07) is 0.667. The Kier molecular flexibility index (Phi) is 1.25. The van der Waals surface area contributed by atoms with E-state index in [0.29, 0.717) is 6.07 Å². The van der Waals surface area contributed by atoms with Crippen LogP contribution in [0.2, 0.25) is 0 Å². The summed E-state index contributed by atoms with van der Waals surface area (Å²) in [7, 11) is 0. The third kappa shape index (κ3) is 1.68. The van der Waals surface area contributed by atoms with Crippen LogP contribution in [0.15, 0.2) is 12.1 Å². The first-order valence-electron chi connectivity index (χ1n) is 6.13. The zero-order valence-electron chi connectivity index (χ0n) is 11.7. The molecule has 0 aliphatic carbocycles. The van der Waals surface area contributed by atoms with Gasteiger partial charge in [0, 0.05) is 30.6 Å². The molecule has 1 aliphatic heterocycles. The minimum Gasteiger partial charge on any atom is -0.484 e. The molecule has 0 amide bonds. The van der Waals surface area contributed by atoms with E-state index in [0.717, 1.165) is 0 Å². The lowest BCUT2D eigenvalue weighted by Crippen LogP contribution is -2.50. The number of hydrogen-bond acceptors (Lipinski definition) is 2. The van der Waals surface area contributed by atoms with E-state index >= 15 is 0 Å². The minimum atomic E-state index is -2.87. The zero-order chi connectivity index (χ0) is 14.6. The van der Waals surface area contributed by atoms with Gasteiger partial charge in [-0.15, -0.1) is 0 Å². The highest BCUT2D eigenvalue weighted by atomic mass is 19.2. The fraction of sp³-hybridized carbons (Fsp3) is 0.333. The van der Waals surface area contributed by atoms with E-state index in [2.05, 4.69) is 4.74 Å². The maximum absolute atomic E-state index is 13.4. The van der Waals surface area contributed by atoms with Gasteiger partial charge in [0.15, 0.2) is 11.6 Å². The Labute approximate surface area is 85.7 Å². The van der Waals surface area contributed by atoms with Crippen molar-refractivity contribution in [3.05, 3.63) is 29.6 Å². The van der Waals surface area contributed by atoms with Gasteiger partial charge in [0.2, 0.25) is 5.82 Å². The van der Waals surface area contributed by atoms with E-state index in [4.69, 9.17) is 6.85 Å². The quantitative estimate of drug-likeness (QED) is 0.743. The number of halogens is 3. The van der Waals surface area contributed by atoms with Gasteiger partial charge in [0.05, 0.1) is 1.37 Å². The molecule has 1 heterocycles. The molecule has 0 bridgehead atoms. The lowest BCUT2D eigenvalue weighted by Gasteiger charge is -2.27. The Bertz CT molecular complexity index is 525. The number of ether oxygens (including phenoxy) is 1. The van der Waals surface area contributed by atoms with Gasteiger partial charge in [0.1, 0.15) is 11.9 Å². The van der Waals surface area contributed by atoms with E-state index in [1.807, 2.05) is 0 Å². The maximum Gasteiger partial charge on any atom is 0.200 e. The highest BCUT2D eigenvalue weighted by Crippen LogP contribution is 2.23. The topological polar surface area (TPSA) is 21.3 Å². The van der Waals surface area contributed by atoms with Crippen molar-refractivity contribution in [3.63, 3.8) is 0 Å². The summed E-state index contributed by atoms with van der Waals surface area (Å²) in [5, 5.41) is 1.76. The number of rotatable bonds is 2. The molecular formula is C9H8F3NO. The molecule has 5 heteroatoms. The summed E-state index contributed by atoms with van der Waals surface area (Å²) < 4.78 is 80.6. The minimum absolute atomic E-state index is 0.251. The number of benzene rings is 1. The zero-order valence-corrected chi connectivity index (χ0v) is 6.70. The highest BCUT2D eigenvalue weighted by molar-refractivity contribution is 5.26. The Balaban J connectivity index is 2.41. The van der Waals surface area contributed by atoms with Gasteiger partial charge >= 0.3 is 0 Å². The second-order valence-corrected chi connectivity index (χ2v) is 2.51. The van der Waals surface area contributed by atoms with E-state index in [1.54, 1.807) is 5.32 Å². The summed E-state index contributed by atoms with van der Waals surface area (Å²) in [5.41, 5.74) is 0. The maximum atomic E-state index is 13.4. The molecule has 0 unspecified atom stereocenters. The second-order valence-electron chi connectivity index (χ2n) is 2.51. The SMILES string of the molecule is [2H]C1([2H])NC([2H])([2H])C1([2H])Oc1cc(F)cc(F)c1F. The molecule has 14 heavy (non-hydrogen) atoms. The van der Waals surface area contributed by atoms with Gasteiger partial charge in [-0.05, 0) is 0 Å². The lowest BCUT2D eigenvalue weighted by atomic mass is 10.2. The van der Waals surface area contributed by atoms with Crippen molar-refractivity contribution in [1.29, 1.82) is 0 Å². The Morgan fingerprint density at radius 2 is 2.14 bits per heavy atom. The second kappa shape index (κ2) is 3.49. The summed E-state index contributed by atoms with van der Waals surface area (Å²) in [6.45, 7) is -5.29. The van der Waals surface area contributed by atoms with Crippen molar-refractivity contribution in [2.45, 2.75) is 6.08 Å². The van der Waals surface area contributed by atoms with Crippen LogP contribution in [0, 0.1) is 17.5 Å². The summed E-state index contributed by atoms with van der Waals surface area (Å²) >= 11 is 0. The fourth-order valence-electron chi connectivity index (χ4n) is 0.881. The van der Waals surface area contributed by atoms with Crippen molar-refractivity contribution in [3.8, 4) is 5.75 Å². The van der Waals surface area contributed by atoms with Gasteiger partial charge in [-0.2, -0.15) is 4.39 Å². The monoisotopic (exact) mass is 208 g/mol. The largest absolute Gasteiger partial charge is 0.484 e. The molecule has 1 aromatic rings. The van der Waals surface area contributed by atoms with Gasteiger partial charge in [-0.3, -0.25) is 0 Å². The lowest BCUT2D eigenvalue weighted by molar-refractivity contribution is 0.134. The molecule has 2 nitrogen and oxygen atoms in total. The molecule has 1 fully saturated rings. The third-order valence-corrected chi connectivity index (χ3v) is 1.52. The summed E-state index contributed by atoms with van der Waals surface area (Å²) in [4.78, 5) is 0. The molecule has 0 atom stereocenters. The average molecular weight is 208 g/mol. The molecule has 2 rings (SSSR count). The van der Waals surface area contributed by atoms with E-state index < -0.39 is 42.3 Å². The van der Waals surface area contributed by atoms with Crippen LogP contribution in [0.4, 0.5) is 13.2 Å². The van der Waals surface area contributed by atoms with Gasteiger partial charge < -0.3 is 10.1 Å². The van der Waals surface area contributed by atoms with Crippen molar-refractivity contribution >= 4 is 0 Å². The summed E-state index contributed by atoms with van der Waals surface area (Å²) in [5.74, 6) is -5.45. The van der Waals surface area contributed by atoms with Crippen LogP contribution in [0.25, 0.3) is 0 Å². The first kappa shape index (κ1) is 5.02. The highest BCUT2D eigenvalue weighted by Gasteiger charge is 2.21. The smallest absolute Gasteiger partial charge is 0.200 e. The normalized spacial score (nSPS) is 31.2. The molecule has 0 spiro atoms. The Morgan fingerprint density at radius 1 is 1.43 bits per heavy atom. The van der Waals surface area contributed by atoms with Crippen molar-refractivity contribution in [2.75, 3.05) is 13.0 Å². The van der Waals surface area contributed by atoms with Crippen LogP contribution in [-0.4, -0.2) is 19.1 Å². The number of hydrogen-bond donors (Lipinski definition) is 1. The molecule has 0 saturated carbocycles. The van der Waals surface area contributed by atoms with Gasteiger partial charge in [0.25, 0.3) is 0 Å². The molecule has 76 valence electrons. The Hall–Kier alpha value is -1.23. The molecule has 0 aromatic heterocycles. The van der Waals surface area contributed by atoms with Crippen LogP contribution >= 0.6 is 0 Å². The van der Waals surface area contributed by atoms with Crippen LogP contribution in [-0.2, 0) is 0 Å². The van der Waals surface area contributed by atoms with E-state index in [9.17, 15) is 13.2 Å². The van der Waals surface area contributed by atoms with E-state index in [-0.39, 0.29) is 6.07 Å². The fourth-order valence-corrected chi connectivity index (χ4v) is 0.881. The third-order valence-electron chi connectivity index (χ3n) is 1.52. The van der Waals surface area contributed by atoms with Crippen LogP contribution in [0.1, 0.15) is 6.85 Å². The van der Waals surface area contributed by atoms with Crippen molar-refractivity contribution < 1.29 is 24.8 Å². The van der Waals surface area contributed by atoms with Crippen molar-refractivity contribution in [1.82, 2.24) is 5.32 Å². The first-order chi connectivity index (χ1) is 8.50. The molecular weight excluding hydrogens is 195 g/mol. The van der Waals surface area contributed by atoms with Crippen LogP contribution in [0.3, 0.4) is 0 Å². The summed E-state index contributed by atoms with van der Waals surface area (Å²) in [6.07, 6.45) is -2.87. The molecule has 1 aromatic carbocycles. The van der Waals surface area contributed by atoms with Crippen LogP contribution in [0.5, 0.6) is 5.75 Å². The van der Waals surface area contributed by atoms with E-state index in [1.165, 1.54) is 0 Å². The predicted octanol–water partition coefficient (Wildman–Crippen LogP) is 1.45.